The van der Waals surface area contributed by atoms with Crippen LogP contribution >= 0.6 is 11.6 Å². The van der Waals surface area contributed by atoms with E-state index in [1.807, 2.05) is 13.0 Å². The molecule has 3 rings (SSSR count). The number of hydrogen-bond acceptors (Lipinski definition) is 5. The molecule has 0 radical (unpaired) electrons. The molecule has 0 aliphatic heterocycles. The minimum atomic E-state index is -0.335. The number of halogens is 1. The quantitative estimate of drug-likeness (QED) is 0.595. The molecule has 7 nitrogen and oxygen atoms in total. The first kappa shape index (κ1) is 19.3. The van der Waals surface area contributed by atoms with Gasteiger partial charge in [0.2, 0.25) is 11.9 Å². The molecule has 0 aliphatic rings. The summed E-state index contributed by atoms with van der Waals surface area (Å²) in [4.78, 5) is 31.7. The molecule has 3 N–H and O–H groups in total. The zero-order valence-corrected chi connectivity index (χ0v) is 16.0. The lowest BCUT2D eigenvalue weighted by Crippen LogP contribution is -2.13. The van der Waals surface area contributed by atoms with Crippen molar-refractivity contribution in [3.63, 3.8) is 0 Å². The van der Waals surface area contributed by atoms with E-state index >= 15 is 0 Å². The molecule has 2 amide bonds. The van der Waals surface area contributed by atoms with E-state index < -0.39 is 0 Å². The van der Waals surface area contributed by atoms with Crippen molar-refractivity contribution < 1.29 is 9.59 Å². The minimum absolute atomic E-state index is 0.157. The summed E-state index contributed by atoms with van der Waals surface area (Å²) in [6.07, 6.45) is 2.88. The summed E-state index contributed by atoms with van der Waals surface area (Å²) in [5.74, 6) is -0.130. The zero-order valence-electron chi connectivity index (χ0n) is 15.3. The monoisotopic (exact) mass is 395 g/mol. The van der Waals surface area contributed by atoms with E-state index in [0.29, 0.717) is 27.9 Å². The molecule has 0 fully saturated rings. The molecule has 0 saturated heterocycles. The lowest BCUT2D eigenvalue weighted by Gasteiger charge is -2.09. The number of nitrogens with one attached hydrogen (secondary N) is 3. The van der Waals surface area contributed by atoms with Crippen molar-refractivity contribution in [2.75, 3.05) is 16.0 Å². The molecule has 1 heterocycles. The fourth-order valence-corrected chi connectivity index (χ4v) is 2.57. The van der Waals surface area contributed by atoms with Gasteiger partial charge < -0.3 is 16.0 Å². The third-order valence-electron chi connectivity index (χ3n) is 3.82. The molecule has 0 aliphatic carbocycles. The summed E-state index contributed by atoms with van der Waals surface area (Å²) in [5.41, 5.74) is 3.36. The Morgan fingerprint density at radius 1 is 0.929 bits per heavy atom. The molecule has 1 aromatic heterocycles. The van der Waals surface area contributed by atoms with Crippen molar-refractivity contribution in [2.24, 2.45) is 0 Å². The van der Waals surface area contributed by atoms with Crippen molar-refractivity contribution in [3.05, 3.63) is 71.0 Å². The van der Waals surface area contributed by atoms with Gasteiger partial charge in [0.1, 0.15) is 0 Å². The Morgan fingerprint density at radius 3 is 2.14 bits per heavy atom. The van der Waals surface area contributed by atoms with Gasteiger partial charge in [0.15, 0.2) is 0 Å². The summed E-state index contributed by atoms with van der Waals surface area (Å²) in [5, 5.41) is 9.10. The standard InChI is InChI=1S/C20H18ClN5O2/c1-12-3-4-15(21)9-18(12)26-20-22-10-14(11-23-20)19(28)25-17-7-5-16(6-8-17)24-13(2)27/h3-11H,1-2H3,(H,24,27)(H,25,28)(H,22,23,26). The van der Waals surface area contributed by atoms with Crippen molar-refractivity contribution in [3.8, 4) is 0 Å². The molecule has 0 spiro atoms. The molecule has 28 heavy (non-hydrogen) atoms. The van der Waals surface area contributed by atoms with Gasteiger partial charge in [-0.05, 0) is 48.9 Å². The van der Waals surface area contributed by atoms with Gasteiger partial charge in [0.25, 0.3) is 5.91 Å². The average Bonchev–Trinajstić information content (AvgIpc) is 2.66. The number of carbonyl (C=O) groups is 2. The first-order valence-electron chi connectivity index (χ1n) is 8.45. The number of anilines is 4. The lowest BCUT2D eigenvalue weighted by atomic mass is 10.2. The number of benzene rings is 2. The van der Waals surface area contributed by atoms with Crippen LogP contribution in [-0.2, 0) is 4.79 Å². The summed E-state index contributed by atoms with van der Waals surface area (Å²) in [7, 11) is 0. The zero-order chi connectivity index (χ0) is 20.1. The highest BCUT2D eigenvalue weighted by Gasteiger charge is 2.09. The normalized spacial score (nSPS) is 10.2. The third kappa shape index (κ3) is 5.05. The number of amides is 2. The molecule has 0 bridgehead atoms. The Morgan fingerprint density at radius 2 is 1.54 bits per heavy atom. The van der Waals surface area contributed by atoms with Gasteiger partial charge in [-0.15, -0.1) is 0 Å². The number of hydrogen-bond donors (Lipinski definition) is 3. The average molecular weight is 396 g/mol. The van der Waals surface area contributed by atoms with Crippen LogP contribution in [0, 0.1) is 6.92 Å². The van der Waals surface area contributed by atoms with Gasteiger partial charge in [-0.1, -0.05) is 17.7 Å². The first-order valence-corrected chi connectivity index (χ1v) is 8.83. The highest BCUT2D eigenvalue weighted by molar-refractivity contribution is 6.30. The Hall–Kier alpha value is -3.45. The maximum Gasteiger partial charge on any atom is 0.258 e. The second-order valence-electron chi connectivity index (χ2n) is 6.09. The fraction of sp³-hybridized carbons (Fsp3) is 0.100. The number of aromatic nitrogens is 2. The molecule has 0 unspecified atom stereocenters. The maximum atomic E-state index is 12.3. The van der Waals surface area contributed by atoms with E-state index in [0.717, 1.165) is 11.3 Å². The molecular formula is C20H18ClN5O2. The van der Waals surface area contributed by atoms with E-state index in [9.17, 15) is 9.59 Å². The van der Waals surface area contributed by atoms with Crippen molar-refractivity contribution >= 4 is 46.4 Å². The summed E-state index contributed by atoms with van der Waals surface area (Å²) >= 11 is 6.01. The highest BCUT2D eigenvalue weighted by atomic mass is 35.5. The van der Waals surface area contributed by atoms with Gasteiger partial charge in [-0.25, -0.2) is 9.97 Å². The molecular weight excluding hydrogens is 378 g/mol. The predicted molar refractivity (Wildman–Crippen MR) is 110 cm³/mol. The Kier molecular flexibility index (Phi) is 5.86. The number of carbonyl (C=O) groups excluding carboxylic acids is 2. The van der Waals surface area contributed by atoms with E-state index in [1.54, 1.807) is 36.4 Å². The van der Waals surface area contributed by atoms with Crippen molar-refractivity contribution in [1.82, 2.24) is 9.97 Å². The largest absolute Gasteiger partial charge is 0.326 e. The highest BCUT2D eigenvalue weighted by Crippen LogP contribution is 2.22. The van der Waals surface area contributed by atoms with Crippen molar-refractivity contribution in [1.29, 1.82) is 0 Å². The minimum Gasteiger partial charge on any atom is -0.326 e. The molecule has 0 saturated carbocycles. The summed E-state index contributed by atoms with van der Waals surface area (Å²) < 4.78 is 0. The van der Waals surface area contributed by atoms with E-state index in [1.165, 1.54) is 19.3 Å². The molecule has 2 aromatic carbocycles. The molecule has 8 heteroatoms. The van der Waals surface area contributed by atoms with Crippen LogP contribution in [0.5, 0.6) is 0 Å². The van der Waals surface area contributed by atoms with Gasteiger partial charge in [0.05, 0.1) is 5.56 Å². The first-order chi connectivity index (χ1) is 13.4. The van der Waals surface area contributed by atoms with Crippen LogP contribution in [-0.4, -0.2) is 21.8 Å². The SMILES string of the molecule is CC(=O)Nc1ccc(NC(=O)c2cnc(Nc3cc(Cl)ccc3C)nc2)cc1. The van der Waals surface area contributed by atoms with Crippen LogP contribution in [0.15, 0.2) is 54.9 Å². The van der Waals surface area contributed by atoms with Gasteiger partial charge in [-0.3, -0.25) is 9.59 Å². The Labute approximate surface area is 167 Å². The van der Waals surface area contributed by atoms with Crippen LogP contribution in [0.25, 0.3) is 0 Å². The number of rotatable bonds is 5. The van der Waals surface area contributed by atoms with Crippen LogP contribution in [0.3, 0.4) is 0 Å². The van der Waals surface area contributed by atoms with E-state index in [4.69, 9.17) is 11.6 Å². The smallest absolute Gasteiger partial charge is 0.258 e. The van der Waals surface area contributed by atoms with E-state index in [-0.39, 0.29) is 11.8 Å². The lowest BCUT2D eigenvalue weighted by molar-refractivity contribution is -0.114. The molecule has 0 atom stereocenters. The Balaban J connectivity index is 1.65. The number of aryl methyl sites for hydroxylation is 1. The van der Waals surface area contributed by atoms with Gasteiger partial charge in [0, 0.05) is 41.4 Å². The van der Waals surface area contributed by atoms with Gasteiger partial charge >= 0.3 is 0 Å². The maximum absolute atomic E-state index is 12.3. The number of nitrogens with zero attached hydrogens (tertiary/aromatic N) is 2. The van der Waals surface area contributed by atoms with Crippen LogP contribution in [0.2, 0.25) is 5.02 Å². The third-order valence-corrected chi connectivity index (χ3v) is 4.06. The van der Waals surface area contributed by atoms with E-state index in [2.05, 4.69) is 25.9 Å². The molecule has 142 valence electrons. The topological polar surface area (TPSA) is 96.0 Å². The van der Waals surface area contributed by atoms with Crippen LogP contribution in [0.1, 0.15) is 22.8 Å². The summed E-state index contributed by atoms with van der Waals surface area (Å²) in [6.45, 7) is 3.37. The predicted octanol–water partition coefficient (Wildman–Crippen LogP) is 4.39. The summed E-state index contributed by atoms with van der Waals surface area (Å²) in [6, 6.07) is 12.3. The molecule has 3 aromatic rings. The second kappa shape index (κ2) is 8.49. The second-order valence-corrected chi connectivity index (χ2v) is 6.53. The van der Waals surface area contributed by atoms with Gasteiger partial charge in [-0.2, -0.15) is 0 Å². The van der Waals surface area contributed by atoms with Crippen molar-refractivity contribution in [2.45, 2.75) is 13.8 Å². The van der Waals surface area contributed by atoms with Crippen LogP contribution < -0.4 is 16.0 Å². The fourth-order valence-electron chi connectivity index (χ4n) is 2.40. The Bertz CT molecular complexity index is 1000. The van der Waals surface area contributed by atoms with Crippen LogP contribution in [0.4, 0.5) is 23.0 Å².